The second-order valence-electron chi connectivity index (χ2n) is 0.224. The molecule has 0 bridgehead atoms. The summed E-state index contributed by atoms with van der Waals surface area (Å²) >= 11 is 0. The van der Waals surface area contributed by atoms with Crippen LogP contribution in [0.5, 0.6) is 0 Å². The van der Waals surface area contributed by atoms with E-state index in [-0.39, 0.29) is 27.0 Å². The van der Waals surface area contributed by atoms with Crippen LogP contribution in [0.15, 0.2) is 0 Å². The third-order valence-electron chi connectivity index (χ3n) is 0. The van der Waals surface area contributed by atoms with Gasteiger partial charge in [0.1, 0.15) is 0 Å². The van der Waals surface area contributed by atoms with Crippen LogP contribution in [0.3, 0.4) is 0 Å². The summed E-state index contributed by atoms with van der Waals surface area (Å²) in [6.07, 6.45) is 0. The zero-order valence-corrected chi connectivity index (χ0v) is 6.03. The van der Waals surface area contributed by atoms with Gasteiger partial charge in [0.25, 0.3) is 8.25 Å². The van der Waals surface area contributed by atoms with Gasteiger partial charge in [0.2, 0.25) is 0 Å². The average molecular weight is 149 g/mol. The van der Waals surface area contributed by atoms with Crippen LogP contribution in [0.25, 0.3) is 0 Å². The highest BCUT2D eigenvalue weighted by Crippen LogP contribution is 1.79. The van der Waals surface area contributed by atoms with Crippen molar-refractivity contribution in [2.75, 3.05) is 0 Å². The van der Waals surface area contributed by atoms with Gasteiger partial charge >= 0.3 is 0 Å². The highest BCUT2D eigenvalue weighted by molar-refractivity contribution is 7.37. The Morgan fingerprint density at radius 1 is 1.17 bits per heavy atom. The van der Waals surface area contributed by atoms with Gasteiger partial charge in [-0.25, -0.2) is 0 Å². The van der Waals surface area contributed by atoms with E-state index in [0.29, 0.717) is 0 Å². The molecule has 0 rings (SSSR count). The smallest absolute Gasteiger partial charge is 0.276 e. The van der Waals surface area contributed by atoms with Gasteiger partial charge in [-0.2, -0.15) is 0 Å². The van der Waals surface area contributed by atoms with Gasteiger partial charge in [-0.15, -0.1) is 0 Å². The molecule has 0 unspecified atom stereocenters. The maximum Gasteiger partial charge on any atom is 0.276 e. The fourth-order valence-electron chi connectivity index (χ4n) is 0. The first-order chi connectivity index (χ1) is 1.73. The molecule has 0 aromatic rings. The summed E-state index contributed by atoms with van der Waals surface area (Å²) in [4.78, 5) is 17.0. The summed E-state index contributed by atoms with van der Waals surface area (Å²) in [6, 6.07) is 0. The van der Waals surface area contributed by atoms with Gasteiger partial charge < -0.3 is 9.79 Å². The second-order valence-corrected chi connectivity index (χ2v) is 0.671. The molecule has 0 heterocycles. The molecule has 6 heavy (non-hydrogen) atoms. The Labute approximate surface area is 50.2 Å². The zero-order valence-electron chi connectivity index (χ0n) is 2.83. The Kier molecular flexibility index (Phi) is 24.4. The van der Waals surface area contributed by atoms with Gasteiger partial charge in [0.05, 0.1) is 0 Å². The van der Waals surface area contributed by atoms with Crippen molar-refractivity contribution in [2.45, 2.75) is 0 Å². The van der Waals surface area contributed by atoms with Crippen LogP contribution in [0.4, 0.5) is 0 Å². The van der Waals surface area contributed by atoms with E-state index in [2.05, 4.69) is 0 Å². The highest BCUT2D eigenvalue weighted by atomic mass is 32.1. The highest BCUT2D eigenvalue weighted by Gasteiger charge is 1.53. The lowest BCUT2D eigenvalue weighted by atomic mass is 15.8. The zero-order chi connectivity index (χ0) is 3.58. The molecule has 0 aromatic carbocycles. The van der Waals surface area contributed by atoms with Crippen molar-refractivity contribution in [1.29, 1.82) is 0 Å². The van der Waals surface area contributed by atoms with Gasteiger partial charge in [-0.1, -0.05) is 31.6 Å². The second kappa shape index (κ2) is 9.21. The van der Waals surface area contributed by atoms with Crippen molar-refractivity contribution in [3.05, 3.63) is 0 Å². The Morgan fingerprint density at radius 3 is 1.17 bits per heavy atom. The van der Waals surface area contributed by atoms with E-state index in [4.69, 9.17) is 14.4 Å². The Morgan fingerprint density at radius 2 is 1.17 bits per heavy atom. The largest absolute Gasteiger partial charge is 0.598 e. The van der Waals surface area contributed by atoms with Crippen molar-refractivity contribution in [3.63, 3.8) is 0 Å². The maximum absolute atomic E-state index is 8.48. The molecule has 0 aliphatic heterocycles. The van der Waals surface area contributed by atoms with E-state index < -0.39 is 8.25 Å². The van der Waals surface area contributed by atoms with Crippen LogP contribution in [-0.2, 0) is 31.6 Å². The molecule has 0 aromatic heterocycles. The third kappa shape index (κ3) is 126. The van der Waals surface area contributed by atoms with Crippen molar-refractivity contribution in [2.24, 2.45) is 0 Å². The lowest BCUT2D eigenvalue weighted by Crippen LogP contribution is -1.97. The van der Waals surface area contributed by atoms with Crippen LogP contribution < -0.4 is 9.79 Å². The first-order valence-corrected chi connectivity index (χ1v) is 1.64. The van der Waals surface area contributed by atoms with E-state index >= 15 is 0 Å². The van der Waals surface area contributed by atoms with E-state index in [1.54, 1.807) is 0 Å². The summed E-state index contributed by atoms with van der Waals surface area (Å²) in [5, 5.41) is 0. The van der Waals surface area contributed by atoms with Gasteiger partial charge in [-0.3, -0.25) is 0 Å². The van der Waals surface area contributed by atoms with Crippen molar-refractivity contribution in [3.8, 4) is 0 Å². The first-order valence-electron chi connectivity index (χ1n) is 0.548. The predicted octanol–water partition coefficient (Wildman–Crippen LogP) is -3.25. The molecule has 0 amide bonds. The lowest BCUT2D eigenvalue weighted by Gasteiger charge is -1.75. The standard InChI is InChI=1S/HO3P.2H2S/c1-4(2)3;;/h(H,1,2,3);2*1H2/p+1. The fraction of sp³-hybridized carbons (Fsp3) is 0. The molecule has 0 aliphatic rings. The van der Waals surface area contributed by atoms with Gasteiger partial charge in [0, 0.05) is 0 Å². The molecule has 40 valence electrons. The Hall–Kier alpha value is 0.720. The summed E-state index contributed by atoms with van der Waals surface area (Å²) < 4.78 is 8.48. The number of rotatable bonds is 0. The third-order valence-corrected chi connectivity index (χ3v) is 0. The molecular formula is H6O3PS2+. The number of hydrogen-bond donors (Lipinski definition) is 0. The van der Waals surface area contributed by atoms with E-state index in [0.717, 1.165) is 0 Å². The van der Waals surface area contributed by atoms with E-state index in [1.807, 2.05) is 0 Å². The minimum absolute atomic E-state index is 0. The molecule has 0 saturated heterocycles. The van der Waals surface area contributed by atoms with Crippen molar-refractivity contribution < 1.29 is 14.4 Å². The predicted molar refractivity (Wildman–Crippen MR) is 30.7 cm³/mol. The van der Waals surface area contributed by atoms with Crippen LogP contribution in [0, 0.1) is 0 Å². The monoisotopic (exact) mass is 149 g/mol. The summed E-state index contributed by atoms with van der Waals surface area (Å²) in [5.74, 6) is 0. The summed E-state index contributed by atoms with van der Waals surface area (Å²) in [7, 11) is -3.37. The number of hydrogen-bond acceptors (Lipinski definition) is 3. The molecule has 0 fully saturated rings. The lowest BCUT2D eigenvalue weighted by molar-refractivity contribution is -0.297. The van der Waals surface area contributed by atoms with Crippen LogP contribution in [0.1, 0.15) is 0 Å². The molecule has 3 nitrogen and oxygen atoms in total. The molecule has 0 spiro atoms. The van der Waals surface area contributed by atoms with Crippen LogP contribution in [0.2, 0.25) is 0 Å². The SMILES string of the molecule is O=[P+]([O-])[O-].[SH3+].[SH3+]. The van der Waals surface area contributed by atoms with E-state index in [9.17, 15) is 0 Å². The van der Waals surface area contributed by atoms with Gasteiger partial charge in [-0.05, 0) is 0 Å². The fourth-order valence-corrected chi connectivity index (χ4v) is 0. The minimum atomic E-state index is -3.37. The first kappa shape index (κ1) is 15.9. The normalized spacial score (nSPS) is 4.33. The maximum atomic E-state index is 8.48. The summed E-state index contributed by atoms with van der Waals surface area (Å²) in [5.41, 5.74) is 0. The van der Waals surface area contributed by atoms with Crippen molar-refractivity contribution in [1.82, 2.24) is 0 Å². The van der Waals surface area contributed by atoms with E-state index in [1.165, 1.54) is 0 Å². The molecule has 0 aliphatic carbocycles. The Bertz CT molecular complexity index is 31.8. The topological polar surface area (TPSA) is 63.2 Å². The molecular weight excluding hydrogens is 143 g/mol. The molecule has 6 heteroatoms. The summed E-state index contributed by atoms with van der Waals surface area (Å²) in [6.45, 7) is 0. The molecule has 0 N–H and O–H groups in total. The molecule has 0 radical (unpaired) electrons. The van der Waals surface area contributed by atoms with Gasteiger partial charge in [0.15, 0.2) is 0 Å². The molecule has 0 saturated carbocycles. The average Bonchev–Trinajstić information content (AvgIpc) is 0.811. The van der Waals surface area contributed by atoms with Crippen molar-refractivity contribution >= 4 is 35.2 Å². The quantitative estimate of drug-likeness (QED) is 0.268. The minimum Gasteiger partial charge on any atom is -0.598 e. The Balaban J connectivity index is -0.0000000450. The van der Waals surface area contributed by atoms with Crippen LogP contribution >= 0.6 is 8.25 Å². The molecule has 0 atom stereocenters. The van der Waals surface area contributed by atoms with Crippen LogP contribution in [-0.4, -0.2) is 0 Å².